The van der Waals surface area contributed by atoms with Crippen LogP contribution in [-0.2, 0) is 9.84 Å². The molecule has 1 amide bonds. The number of hydrogen-bond donors (Lipinski definition) is 1. The summed E-state index contributed by atoms with van der Waals surface area (Å²) in [6, 6.07) is 9.58. The van der Waals surface area contributed by atoms with Gasteiger partial charge in [0, 0.05) is 5.56 Å². The molecule has 9 heteroatoms. The molecular weight excluding hydrogens is 350 g/mol. The van der Waals surface area contributed by atoms with Gasteiger partial charge in [0.2, 0.25) is 5.89 Å². The van der Waals surface area contributed by atoms with E-state index in [4.69, 9.17) is 4.42 Å². The Morgan fingerprint density at radius 2 is 1.96 bits per heavy atom. The van der Waals surface area contributed by atoms with Crippen LogP contribution in [0.15, 0.2) is 51.1 Å². The number of thiophene rings is 1. The van der Waals surface area contributed by atoms with Gasteiger partial charge in [-0.1, -0.05) is 18.1 Å². The Labute approximate surface area is 142 Å². The quantitative estimate of drug-likeness (QED) is 0.748. The van der Waals surface area contributed by atoms with Gasteiger partial charge < -0.3 is 4.42 Å². The molecule has 0 radical (unpaired) electrons. The largest absolute Gasteiger partial charge is 0.403 e. The van der Waals surface area contributed by atoms with Crippen LogP contribution in [0.1, 0.15) is 16.6 Å². The zero-order valence-electron chi connectivity index (χ0n) is 12.6. The first-order chi connectivity index (χ1) is 11.5. The number of rotatable bonds is 5. The molecule has 0 saturated heterocycles. The lowest BCUT2D eigenvalue weighted by molar-refractivity contribution is 0.102. The van der Waals surface area contributed by atoms with Gasteiger partial charge in [0.15, 0.2) is 9.84 Å². The van der Waals surface area contributed by atoms with E-state index >= 15 is 0 Å². The summed E-state index contributed by atoms with van der Waals surface area (Å²) < 4.78 is 29.0. The predicted molar refractivity (Wildman–Crippen MR) is 89.7 cm³/mol. The lowest BCUT2D eigenvalue weighted by Gasteiger charge is -2.01. The second kappa shape index (κ2) is 6.54. The summed E-state index contributed by atoms with van der Waals surface area (Å²) in [6.07, 6.45) is 0. The average Bonchev–Trinajstić information content (AvgIpc) is 3.27. The van der Waals surface area contributed by atoms with Gasteiger partial charge in [-0.2, -0.15) is 0 Å². The first-order valence-corrected chi connectivity index (χ1v) is 9.54. The summed E-state index contributed by atoms with van der Waals surface area (Å²) in [5, 5.41) is 11.9. The van der Waals surface area contributed by atoms with E-state index in [-0.39, 0.29) is 28.5 Å². The number of nitrogens with one attached hydrogen (secondary N) is 1. The molecule has 0 aliphatic heterocycles. The lowest BCUT2D eigenvalue weighted by atomic mass is 10.2. The van der Waals surface area contributed by atoms with Crippen LogP contribution in [0.2, 0.25) is 0 Å². The minimum atomic E-state index is -3.26. The standard InChI is InChI=1S/C15H13N3O4S2/c1-2-24(20,21)11-7-5-10(6-8-11)14-17-18-15(22-14)16-13(19)12-4-3-9-23-12/h3-9H,2H2,1H3,(H,16,18,19). The Bertz CT molecular complexity index is 945. The smallest absolute Gasteiger partial charge is 0.322 e. The number of carbonyl (C=O) groups is 1. The van der Waals surface area contributed by atoms with E-state index in [0.29, 0.717) is 10.4 Å². The van der Waals surface area contributed by atoms with E-state index in [2.05, 4.69) is 15.5 Å². The number of carbonyl (C=O) groups excluding carboxylic acids is 1. The maximum atomic E-state index is 11.9. The molecule has 2 aromatic heterocycles. The van der Waals surface area contributed by atoms with Crippen molar-refractivity contribution in [3.63, 3.8) is 0 Å². The first kappa shape index (κ1) is 16.3. The van der Waals surface area contributed by atoms with Crippen molar-refractivity contribution in [2.24, 2.45) is 0 Å². The van der Waals surface area contributed by atoms with Gasteiger partial charge in [-0.05, 0) is 35.7 Å². The summed E-state index contributed by atoms with van der Waals surface area (Å²) >= 11 is 1.30. The lowest BCUT2D eigenvalue weighted by Crippen LogP contribution is -2.10. The highest BCUT2D eigenvalue weighted by Gasteiger charge is 2.15. The number of sulfone groups is 1. The molecule has 0 saturated carbocycles. The van der Waals surface area contributed by atoms with Gasteiger partial charge in [0.25, 0.3) is 5.91 Å². The summed E-state index contributed by atoms with van der Waals surface area (Å²) in [6.45, 7) is 1.59. The molecule has 24 heavy (non-hydrogen) atoms. The summed E-state index contributed by atoms with van der Waals surface area (Å²) in [5.41, 5.74) is 0.564. The van der Waals surface area contributed by atoms with E-state index < -0.39 is 9.84 Å². The Morgan fingerprint density at radius 1 is 1.21 bits per heavy atom. The van der Waals surface area contributed by atoms with Crippen molar-refractivity contribution in [1.82, 2.24) is 10.2 Å². The van der Waals surface area contributed by atoms with Crippen LogP contribution in [0.25, 0.3) is 11.5 Å². The molecule has 0 bridgehead atoms. The monoisotopic (exact) mass is 363 g/mol. The van der Waals surface area contributed by atoms with E-state index in [1.165, 1.54) is 23.5 Å². The Balaban J connectivity index is 1.77. The number of benzene rings is 1. The van der Waals surface area contributed by atoms with E-state index in [1.54, 1.807) is 36.6 Å². The molecule has 0 atom stereocenters. The molecule has 3 rings (SSSR count). The van der Waals surface area contributed by atoms with Gasteiger partial charge in [0.05, 0.1) is 15.5 Å². The van der Waals surface area contributed by atoms with Crippen molar-refractivity contribution in [2.75, 3.05) is 11.1 Å². The van der Waals surface area contributed by atoms with Crippen molar-refractivity contribution in [2.45, 2.75) is 11.8 Å². The summed E-state index contributed by atoms with van der Waals surface area (Å²) in [7, 11) is -3.26. The second-order valence-electron chi connectivity index (χ2n) is 4.77. The van der Waals surface area contributed by atoms with Crippen LogP contribution >= 0.6 is 11.3 Å². The van der Waals surface area contributed by atoms with Crippen LogP contribution in [0.5, 0.6) is 0 Å². The normalized spacial score (nSPS) is 11.4. The van der Waals surface area contributed by atoms with E-state index in [1.807, 2.05) is 0 Å². The summed E-state index contributed by atoms with van der Waals surface area (Å²) in [5.74, 6) is -0.104. The highest BCUT2D eigenvalue weighted by Crippen LogP contribution is 2.22. The topological polar surface area (TPSA) is 102 Å². The van der Waals surface area contributed by atoms with Gasteiger partial charge >= 0.3 is 6.01 Å². The molecule has 0 aliphatic rings. The van der Waals surface area contributed by atoms with Crippen molar-refractivity contribution in [3.05, 3.63) is 46.7 Å². The fraction of sp³-hybridized carbons (Fsp3) is 0.133. The zero-order valence-corrected chi connectivity index (χ0v) is 14.2. The highest BCUT2D eigenvalue weighted by molar-refractivity contribution is 7.91. The molecule has 2 heterocycles. The third-order valence-electron chi connectivity index (χ3n) is 3.23. The Hall–Kier alpha value is -2.52. The number of amides is 1. The van der Waals surface area contributed by atoms with Crippen LogP contribution in [0.3, 0.4) is 0 Å². The summed E-state index contributed by atoms with van der Waals surface area (Å²) in [4.78, 5) is 12.7. The van der Waals surface area contributed by atoms with Gasteiger partial charge in [-0.15, -0.1) is 16.4 Å². The molecule has 1 N–H and O–H groups in total. The molecular formula is C15H13N3O4S2. The molecule has 7 nitrogen and oxygen atoms in total. The maximum absolute atomic E-state index is 11.9. The van der Waals surface area contributed by atoms with Crippen LogP contribution in [0, 0.1) is 0 Å². The minimum Gasteiger partial charge on any atom is -0.403 e. The second-order valence-corrected chi connectivity index (χ2v) is 8.00. The fourth-order valence-electron chi connectivity index (χ4n) is 1.93. The molecule has 1 aromatic carbocycles. The predicted octanol–water partition coefficient (Wildman–Crippen LogP) is 2.84. The Morgan fingerprint density at radius 3 is 2.58 bits per heavy atom. The molecule has 0 fully saturated rings. The van der Waals surface area contributed by atoms with Crippen LogP contribution < -0.4 is 5.32 Å². The number of anilines is 1. The van der Waals surface area contributed by atoms with E-state index in [0.717, 1.165) is 0 Å². The fourth-order valence-corrected chi connectivity index (χ4v) is 3.43. The minimum absolute atomic E-state index is 0.0198. The number of hydrogen-bond acceptors (Lipinski definition) is 7. The molecule has 0 spiro atoms. The van der Waals surface area contributed by atoms with Gasteiger partial charge in [-0.3, -0.25) is 10.1 Å². The third kappa shape index (κ3) is 3.36. The van der Waals surface area contributed by atoms with Crippen molar-refractivity contribution in [1.29, 1.82) is 0 Å². The average molecular weight is 363 g/mol. The number of aromatic nitrogens is 2. The van der Waals surface area contributed by atoms with Gasteiger partial charge in [0.1, 0.15) is 0 Å². The molecule has 124 valence electrons. The molecule has 0 unspecified atom stereocenters. The third-order valence-corrected chi connectivity index (χ3v) is 5.85. The van der Waals surface area contributed by atoms with E-state index in [9.17, 15) is 13.2 Å². The highest BCUT2D eigenvalue weighted by atomic mass is 32.2. The van der Waals surface area contributed by atoms with Gasteiger partial charge in [-0.25, -0.2) is 8.42 Å². The van der Waals surface area contributed by atoms with Crippen molar-refractivity contribution < 1.29 is 17.6 Å². The van der Waals surface area contributed by atoms with Crippen molar-refractivity contribution >= 4 is 33.1 Å². The molecule has 3 aromatic rings. The maximum Gasteiger partial charge on any atom is 0.322 e. The van der Waals surface area contributed by atoms with Crippen LogP contribution in [-0.4, -0.2) is 30.3 Å². The number of nitrogens with zero attached hydrogens (tertiary/aromatic N) is 2. The first-order valence-electron chi connectivity index (χ1n) is 7.01. The molecule has 0 aliphatic carbocycles. The SMILES string of the molecule is CCS(=O)(=O)c1ccc(-c2nnc(NC(=O)c3cccs3)o2)cc1. The Kier molecular flexibility index (Phi) is 4.45. The zero-order chi connectivity index (χ0) is 17.2. The van der Waals surface area contributed by atoms with Crippen LogP contribution in [0.4, 0.5) is 6.01 Å². The van der Waals surface area contributed by atoms with Crippen molar-refractivity contribution in [3.8, 4) is 11.5 Å².